The normalized spacial score (nSPS) is 10.3. The van der Waals surface area contributed by atoms with E-state index in [1.54, 1.807) is 6.20 Å². The number of thiazole rings is 1. The summed E-state index contributed by atoms with van der Waals surface area (Å²) in [7, 11) is 0. The number of aromatic nitrogens is 1. The molecule has 2 rings (SSSR count). The summed E-state index contributed by atoms with van der Waals surface area (Å²) in [5.74, 6) is -0.0900. The van der Waals surface area contributed by atoms with Crippen molar-refractivity contribution in [1.82, 2.24) is 10.3 Å². The Bertz CT molecular complexity index is 515. The number of amides is 1. The summed E-state index contributed by atoms with van der Waals surface area (Å²) in [6, 6.07) is 9.95. The number of hydrogen-bond acceptors (Lipinski definition) is 4. The van der Waals surface area contributed by atoms with Crippen molar-refractivity contribution in [1.29, 1.82) is 0 Å². The second-order valence-corrected chi connectivity index (χ2v) is 6.02. The number of nitrogens with zero attached hydrogens (tertiary/aromatic N) is 1. The SMILES string of the molecule is O=C(CNCc1ccccc1)Nc1ncc(Br)s1. The van der Waals surface area contributed by atoms with Gasteiger partial charge in [-0.2, -0.15) is 0 Å². The van der Waals surface area contributed by atoms with E-state index in [0.29, 0.717) is 11.7 Å². The van der Waals surface area contributed by atoms with Crippen LogP contribution in [0.2, 0.25) is 0 Å². The second kappa shape index (κ2) is 6.63. The molecule has 1 amide bonds. The summed E-state index contributed by atoms with van der Waals surface area (Å²) in [6.45, 7) is 0.946. The zero-order valence-corrected chi connectivity index (χ0v) is 11.9. The molecule has 6 heteroatoms. The first-order chi connectivity index (χ1) is 8.74. The Morgan fingerprint density at radius 1 is 1.33 bits per heavy atom. The lowest BCUT2D eigenvalue weighted by Gasteiger charge is -2.04. The molecule has 0 radical (unpaired) electrons. The number of anilines is 1. The van der Waals surface area contributed by atoms with Crippen molar-refractivity contribution in [2.75, 3.05) is 11.9 Å². The molecule has 0 aliphatic carbocycles. The van der Waals surface area contributed by atoms with E-state index in [0.717, 1.165) is 9.35 Å². The van der Waals surface area contributed by atoms with Crippen molar-refractivity contribution in [3.8, 4) is 0 Å². The van der Waals surface area contributed by atoms with E-state index in [4.69, 9.17) is 0 Å². The van der Waals surface area contributed by atoms with E-state index in [2.05, 4.69) is 31.5 Å². The fourth-order valence-electron chi connectivity index (χ4n) is 1.39. The van der Waals surface area contributed by atoms with E-state index in [1.807, 2.05) is 30.3 Å². The van der Waals surface area contributed by atoms with Crippen molar-refractivity contribution in [2.24, 2.45) is 0 Å². The number of hydrogen-bond donors (Lipinski definition) is 2. The lowest BCUT2D eigenvalue weighted by molar-refractivity contribution is -0.115. The Balaban J connectivity index is 1.72. The van der Waals surface area contributed by atoms with Crippen LogP contribution in [0.4, 0.5) is 5.13 Å². The van der Waals surface area contributed by atoms with Crippen LogP contribution in [0.1, 0.15) is 5.56 Å². The third-order valence-electron chi connectivity index (χ3n) is 2.18. The number of nitrogens with one attached hydrogen (secondary N) is 2. The maximum atomic E-state index is 11.6. The van der Waals surface area contributed by atoms with Gasteiger partial charge < -0.3 is 10.6 Å². The Kier molecular flexibility index (Phi) is 4.86. The van der Waals surface area contributed by atoms with Crippen molar-refractivity contribution >= 4 is 38.3 Å². The van der Waals surface area contributed by atoms with Crippen LogP contribution in [0.5, 0.6) is 0 Å². The summed E-state index contributed by atoms with van der Waals surface area (Å²) >= 11 is 4.69. The minimum Gasteiger partial charge on any atom is -0.304 e. The first kappa shape index (κ1) is 13.2. The van der Waals surface area contributed by atoms with Gasteiger partial charge in [-0.1, -0.05) is 41.7 Å². The van der Waals surface area contributed by atoms with Crippen LogP contribution >= 0.6 is 27.3 Å². The van der Waals surface area contributed by atoms with Gasteiger partial charge in [-0.05, 0) is 21.5 Å². The summed E-state index contributed by atoms with van der Waals surface area (Å²) in [6.07, 6.45) is 1.66. The highest BCUT2D eigenvalue weighted by Gasteiger charge is 2.04. The molecule has 18 heavy (non-hydrogen) atoms. The van der Waals surface area contributed by atoms with E-state index < -0.39 is 0 Å². The monoisotopic (exact) mass is 325 g/mol. The Morgan fingerprint density at radius 3 is 2.78 bits per heavy atom. The second-order valence-electron chi connectivity index (χ2n) is 3.61. The van der Waals surface area contributed by atoms with Gasteiger partial charge >= 0.3 is 0 Å². The van der Waals surface area contributed by atoms with Gasteiger partial charge in [-0.15, -0.1) is 0 Å². The van der Waals surface area contributed by atoms with Crippen LogP contribution in [-0.2, 0) is 11.3 Å². The Hall–Kier alpha value is -1.24. The molecule has 2 aromatic rings. The van der Waals surface area contributed by atoms with Gasteiger partial charge in [0.15, 0.2) is 5.13 Å². The molecular weight excluding hydrogens is 314 g/mol. The summed E-state index contributed by atoms with van der Waals surface area (Å²) in [5.41, 5.74) is 1.15. The first-order valence-corrected chi connectivity index (χ1v) is 7.01. The van der Waals surface area contributed by atoms with E-state index in [-0.39, 0.29) is 12.5 Å². The highest BCUT2D eigenvalue weighted by Crippen LogP contribution is 2.22. The molecule has 0 atom stereocenters. The fraction of sp³-hybridized carbons (Fsp3) is 0.167. The quantitative estimate of drug-likeness (QED) is 0.888. The minimum absolute atomic E-state index is 0.0900. The Morgan fingerprint density at radius 2 is 2.11 bits per heavy atom. The molecule has 0 aliphatic rings. The number of benzene rings is 1. The highest BCUT2D eigenvalue weighted by molar-refractivity contribution is 9.11. The van der Waals surface area contributed by atoms with Crippen molar-refractivity contribution < 1.29 is 4.79 Å². The molecule has 0 spiro atoms. The zero-order valence-electron chi connectivity index (χ0n) is 9.52. The van der Waals surface area contributed by atoms with E-state index in [1.165, 1.54) is 11.3 Å². The van der Waals surface area contributed by atoms with Crippen LogP contribution in [-0.4, -0.2) is 17.4 Å². The van der Waals surface area contributed by atoms with Crippen LogP contribution in [0.3, 0.4) is 0 Å². The molecule has 0 bridgehead atoms. The zero-order chi connectivity index (χ0) is 12.8. The van der Waals surface area contributed by atoms with Crippen molar-refractivity contribution in [2.45, 2.75) is 6.54 Å². The van der Waals surface area contributed by atoms with E-state index >= 15 is 0 Å². The largest absolute Gasteiger partial charge is 0.304 e. The maximum Gasteiger partial charge on any atom is 0.240 e. The standard InChI is InChI=1S/C12H12BrN3OS/c13-10-7-15-12(18-10)16-11(17)8-14-6-9-4-2-1-3-5-9/h1-5,7,14H,6,8H2,(H,15,16,17). The molecular formula is C12H12BrN3OS. The lowest BCUT2D eigenvalue weighted by Crippen LogP contribution is -2.27. The van der Waals surface area contributed by atoms with Crippen LogP contribution in [0, 0.1) is 0 Å². The molecule has 1 aromatic carbocycles. The predicted molar refractivity (Wildman–Crippen MR) is 76.6 cm³/mol. The first-order valence-electron chi connectivity index (χ1n) is 5.40. The number of carbonyl (C=O) groups excluding carboxylic acids is 1. The van der Waals surface area contributed by atoms with Gasteiger partial charge in [0.25, 0.3) is 0 Å². The van der Waals surface area contributed by atoms with Gasteiger partial charge in [-0.25, -0.2) is 4.98 Å². The molecule has 0 saturated carbocycles. The van der Waals surface area contributed by atoms with E-state index in [9.17, 15) is 4.79 Å². The number of carbonyl (C=O) groups is 1. The van der Waals surface area contributed by atoms with Crippen molar-refractivity contribution in [3.63, 3.8) is 0 Å². The van der Waals surface area contributed by atoms with Gasteiger partial charge in [0.2, 0.25) is 5.91 Å². The van der Waals surface area contributed by atoms with Gasteiger partial charge in [-0.3, -0.25) is 4.79 Å². The predicted octanol–water partition coefficient (Wildman–Crippen LogP) is 2.63. The Labute approximate surface area is 118 Å². The minimum atomic E-state index is -0.0900. The molecule has 0 aliphatic heterocycles. The topological polar surface area (TPSA) is 54.0 Å². The molecule has 0 saturated heterocycles. The fourth-order valence-corrected chi connectivity index (χ4v) is 2.51. The average molecular weight is 326 g/mol. The summed E-state index contributed by atoms with van der Waals surface area (Å²) in [5, 5.41) is 6.41. The smallest absolute Gasteiger partial charge is 0.240 e. The van der Waals surface area contributed by atoms with Gasteiger partial charge in [0.1, 0.15) is 0 Å². The highest BCUT2D eigenvalue weighted by atomic mass is 79.9. The summed E-state index contributed by atoms with van der Waals surface area (Å²) in [4.78, 5) is 15.6. The van der Waals surface area contributed by atoms with Gasteiger partial charge in [0, 0.05) is 6.54 Å². The molecule has 1 heterocycles. The summed E-state index contributed by atoms with van der Waals surface area (Å²) < 4.78 is 0.898. The molecule has 4 nitrogen and oxygen atoms in total. The number of rotatable bonds is 5. The molecule has 2 N–H and O–H groups in total. The molecule has 0 unspecified atom stereocenters. The van der Waals surface area contributed by atoms with Gasteiger partial charge in [0.05, 0.1) is 16.5 Å². The molecule has 1 aromatic heterocycles. The average Bonchev–Trinajstić information content (AvgIpc) is 2.76. The van der Waals surface area contributed by atoms with Crippen molar-refractivity contribution in [3.05, 3.63) is 45.9 Å². The molecule has 94 valence electrons. The van der Waals surface area contributed by atoms with Crippen LogP contribution < -0.4 is 10.6 Å². The third-order valence-corrected chi connectivity index (χ3v) is 3.57. The molecule has 0 fully saturated rings. The van der Waals surface area contributed by atoms with Crippen LogP contribution in [0.25, 0.3) is 0 Å². The third kappa shape index (κ3) is 4.21. The maximum absolute atomic E-state index is 11.6. The lowest BCUT2D eigenvalue weighted by atomic mass is 10.2. The number of halogens is 1. The van der Waals surface area contributed by atoms with Crippen LogP contribution in [0.15, 0.2) is 40.3 Å².